The number of rotatable bonds is 43. The zero-order valence-electron chi connectivity index (χ0n) is 38.7. The van der Waals surface area contributed by atoms with Crippen molar-refractivity contribution in [2.45, 2.75) is 180 Å². The van der Waals surface area contributed by atoms with Crippen molar-refractivity contribution >= 4 is 27.6 Å². The van der Waals surface area contributed by atoms with Crippen molar-refractivity contribution in [3.63, 3.8) is 0 Å². The van der Waals surface area contributed by atoms with Crippen LogP contribution in [0.3, 0.4) is 0 Å². The molecule has 14 nitrogen and oxygen atoms in total. The van der Waals surface area contributed by atoms with E-state index in [0.717, 1.165) is 44.9 Å². The topological polar surface area (TPSA) is 216 Å². The van der Waals surface area contributed by atoms with Gasteiger partial charge in [-0.2, -0.15) is 0 Å². The molecule has 0 aliphatic carbocycles. The summed E-state index contributed by atoms with van der Waals surface area (Å²) < 4.78 is 47.7. The third kappa shape index (κ3) is 45.8. The zero-order chi connectivity index (χ0) is 47.4. The molecule has 2 unspecified atom stereocenters. The van der Waals surface area contributed by atoms with Crippen molar-refractivity contribution in [3.05, 3.63) is 85.1 Å². The summed E-state index contributed by atoms with van der Waals surface area (Å²) in [6, 6.07) is 0. The van der Waals surface area contributed by atoms with Gasteiger partial charge in [-0.15, -0.1) is 0 Å². The first-order valence-corrected chi connectivity index (χ1v) is 26.4. The number of aliphatic hydroxyl groups is 2. The van der Waals surface area contributed by atoms with Gasteiger partial charge in [0.1, 0.15) is 12.7 Å². The number of esters is 2. The first kappa shape index (κ1) is 61.3. The maximum absolute atomic E-state index is 12.7. The second-order valence-corrected chi connectivity index (χ2v) is 18.2. The molecule has 0 aromatic heterocycles. The van der Waals surface area contributed by atoms with E-state index in [9.17, 15) is 33.8 Å². The van der Waals surface area contributed by atoms with Crippen LogP contribution in [-0.4, -0.2) is 81.6 Å². The molecule has 368 valence electrons. The summed E-state index contributed by atoms with van der Waals surface area (Å²) in [4.78, 5) is 52.8. The van der Waals surface area contributed by atoms with Gasteiger partial charge >= 0.3 is 27.6 Å². The van der Waals surface area contributed by atoms with Gasteiger partial charge in [-0.05, 0) is 70.6 Å². The molecule has 16 heteroatoms. The van der Waals surface area contributed by atoms with Crippen LogP contribution >= 0.6 is 15.6 Å². The lowest BCUT2D eigenvalue weighted by Gasteiger charge is -2.20. The Hall–Kier alpha value is -2.74. The lowest BCUT2D eigenvalue weighted by Crippen LogP contribution is -2.29. The quantitative estimate of drug-likeness (QED) is 0.0126. The van der Waals surface area contributed by atoms with Crippen molar-refractivity contribution in [3.8, 4) is 0 Å². The molecule has 0 spiro atoms. The maximum atomic E-state index is 12.7. The van der Waals surface area contributed by atoms with Gasteiger partial charge in [0.15, 0.2) is 6.10 Å². The minimum absolute atomic E-state index is 0.0215. The van der Waals surface area contributed by atoms with Gasteiger partial charge in [0.25, 0.3) is 0 Å². The normalized spacial score (nSPS) is 15.2. The summed E-state index contributed by atoms with van der Waals surface area (Å²) in [6.07, 6.45) is 46.1. The van der Waals surface area contributed by atoms with Crippen LogP contribution in [0.5, 0.6) is 0 Å². The summed E-state index contributed by atoms with van der Waals surface area (Å²) in [7, 11) is -9.73. The van der Waals surface area contributed by atoms with Crippen LogP contribution in [0.1, 0.15) is 162 Å². The Bertz CT molecular complexity index is 1470. The van der Waals surface area contributed by atoms with Crippen LogP contribution in [-0.2, 0) is 41.8 Å². The molecule has 0 heterocycles. The van der Waals surface area contributed by atoms with Gasteiger partial charge in [0, 0.05) is 12.8 Å². The Balaban J connectivity index is 4.67. The van der Waals surface area contributed by atoms with Crippen molar-refractivity contribution in [1.82, 2.24) is 0 Å². The van der Waals surface area contributed by atoms with E-state index in [2.05, 4.69) is 47.2 Å². The van der Waals surface area contributed by atoms with Crippen molar-refractivity contribution < 1.29 is 66.7 Å². The number of ether oxygens (including phenoxy) is 2. The molecule has 0 saturated heterocycles. The molecule has 0 amide bonds. The number of unbranched alkanes of at least 4 members (excludes halogenated alkanes) is 13. The number of carbonyl (C=O) groups is 2. The van der Waals surface area contributed by atoms with E-state index in [-0.39, 0.29) is 12.8 Å². The van der Waals surface area contributed by atoms with Crippen molar-refractivity contribution in [2.75, 3.05) is 26.4 Å². The fourth-order valence-electron chi connectivity index (χ4n) is 5.81. The molecule has 0 fully saturated rings. The van der Waals surface area contributed by atoms with Crippen molar-refractivity contribution in [1.29, 1.82) is 0 Å². The third-order valence-electron chi connectivity index (χ3n) is 9.35. The Morgan fingerprint density at radius 2 is 1.06 bits per heavy atom. The fraction of sp³-hybridized carbons (Fsp3) is 0.667. The van der Waals surface area contributed by atoms with E-state index in [1.165, 1.54) is 57.8 Å². The van der Waals surface area contributed by atoms with Crippen LogP contribution in [0, 0.1) is 0 Å². The van der Waals surface area contributed by atoms with Crippen LogP contribution < -0.4 is 0 Å². The van der Waals surface area contributed by atoms with Crippen LogP contribution in [0.4, 0.5) is 0 Å². The minimum Gasteiger partial charge on any atom is -0.462 e. The average Bonchev–Trinajstić information content (AvgIpc) is 3.25. The maximum Gasteiger partial charge on any atom is 0.472 e. The smallest absolute Gasteiger partial charge is 0.462 e. The lowest BCUT2D eigenvalue weighted by atomic mass is 10.1. The second-order valence-electron chi connectivity index (χ2n) is 15.5. The lowest BCUT2D eigenvalue weighted by molar-refractivity contribution is -0.161. The van der Waals surface area contributed by atoms with E-state index in [1.54, 1.807) is 6.08 Å². The molecule has 0 rings (SSSR count). The highest BCUT2D eigenvalue weighted by molar-refractivity contribution is 7.47. The number of phosphoric acid groups is 2. The first-order chi connectivity index (χ1) is 30.8. The van der Waals surface area contributed by atoms with E-state index in [1.807, 2.05) is 54.7 Å². The third-order valence-corrected chi connectivity index (χ3v) is 10.8. The molecule has 0 saturated carbocycles. The SMILES string of the molecule is CC/C=C\C/C=C\CC(O)/C=C/C=C\C/C=C\C/C=C\CCC(=O)O[C@H](COC(=O)CCCCCCCCC/C=C\CCCCCCCC)COP(=O)(O)OC[C@@H](O)COP(=O)(O)O. The Morgan fingerprint density at radius 1 is 0.531 bits per heavy atom. The monoisotopic (exact) mass is 945 g/mol. The second kappa shape index (κ2) is 42.9. The Kier molecular flexibility index (Phi) is 41.0. The van der Waals surface area contributed by atoms with Gasteiger partial charge in [0.2, 0.25) is 0 Å². The van der Waals surface area contributed by atoms with Gasteiger partial charge in [-0.25, -0.2) is 9.13 Å². The molecule has 0 aromatic rings. The highest BCUT2D eigenvalue weighted by atomic mass is 31.2. The highest BCUT2D eigenvalue weighted by Gasteiger charge is 2.28. The van der Waals surface area contributed by atoms with Crippen LogP contribution in [0.15, 0.2) is 85.1 Å². The van der Waals surface area contributed by atoms with Gasteiger partial charge < -0.3 is 34.4 Å². The molecule has 0 bridgehead atoms. The minimum atomic E-state index is -4.88. The van der Waals surface area contributed by atoms with Gasteiger partial charge in [0.05, 0.1) is 25.9 Å². The molecule has 0 aliphatic rings. The van der Waals surface area contributed by atoms with Crippen LogP contribution in [0.25, 0.3) is 0 Å². The number of carbonyl (C=O) groups excluding carboxylic acids is 2. The van der Waals surface area contributed by atoms with E-state index < -0.39 is 72.3 Å². The average molecular weight is 945 g/mol. The van der Waals surface area contributed by atoms with E-state index in [0.29, 0.717) is 32.1 Å². The standard InChI is InChI=1S/C48H82O14P2/c1-3-5-7-9-11-12-13-14-15-16-17-18-19-23-26-30-34-38-47(51)58-42-46(43-61-64(56,57)60-41-45(50)40-59-63(53,54)55)62-48(52)39-35-31-27-24-21-20-22-25-29-33-37-44(49)36-32-28-10-8-6-4-2/h6,8,14-15,20-21,25,27-29,31-33,37,44-46,49-50H,3-5,7,9-13,16-19,22-24,26,30,34-36,38-43H2,1-2H3,(H,56,57)(H2,53,54,55)/b8-6-,15-14-,21-20-,29-25-,31-27-,32-28-,37-33+/t44?,45-,46+/m0/s1. The van der Waals surface area contributed by atoms with E-state index in [4.69, 9.17) is 23.8 Å². The predicted octanol–water partition coefficient (Wildman–Crippen LogP) is 11.3. The number of allylic oxidation sites excluding steroid dienone is 12. The molecule has 0 aromatic carbocycles. The molecule has 5 N–H and O–H groups in total. The fourth-order valence-corrected chi connectivity index (χ4v) is 6.96. The van der Waals surface area contributed by atoms with E-state index >= 15 is 0 Å². The summed E-state index contributed by atoms with van der Waals surface area (Å²) >= 11 is 0. The molecule has 64 heavy (non-hydrogen) atoms. The van der Waals surface area contributed by atoms with Crippen molar-refractivity contribution in [2.24, 2.45) is 0 Å². The molecular formula is C48H82O14P2. The van der Waals surface area contributed by atoms with Crippen LogP contribution in [0.2, 0.25) is 0 Å². The van der Waals surface area contributed by atoms with Gasteiger partial charge in [-0.1, -0.05) is 163 Å². The molecule has 4 atom stereocenters. The number of hydrogen-bond donors (Lipinski definition) is 5. The summed E-state index contributed by atoms with van der Waals surface area (Å²) in [5.74, 6) is -1.17. The first-order valence-electron chi connectivity index (χ1n) is 23.4. The Labute approximate surface area is 384 Å². The number of phosphoric ester groups is 2. The molecule has 0 radical (unpaired) electrons. The predicted molar refractivity (Wildman–Crippen MR) is 254 cm³/mol. The summed E-state index contributed by atoms with van der Waals surface area (Å²) in [5, 5.41) is 19.8. The van der Waals surface area contributed by atoms with Gasteiger partial charge in [-0.3, -0.25) is 23.2 Å². The molecule has 0 aliphatic heterocycles. The summed E-state index contributed by atoms with van der Waals surface area (Å²) in [5.41, 5.74) is 0. The largest absolute Gasteiger partial charge is 0.472 e. The Morgan fingerprint density at radius 3 is 1.70 bits per heavy atom. The number of hydrogen-bond acceptors (Lipinski definition) is 11. The zero-order valence-corrected chi connectivity index (χ0v) is 40.5. The number of aliphatic hydroxyl groups excluding tert-OH is 2. The highest BCUT2D eigenvalue weighted by Crippen LogP contribution is 2.43. The summed E-state index contributed by atoms with van der Waals surface area (Å²) in [6.45, 7) is 1.47. The molecular weight excluding hydrogens is 862 g/mol.